The molecule has 0 bridgehead atoms. The summed E-state index contributed by atoms with van der Waals surface area (Å²) in [6, 6.07) is 0. The van der Waals surface area contributed by atoms with E-state index in [0.717, 1.165) is 19.3 Å². The zero-order valence-electron chi connectivity index (χ0n) is 12.2. The highest BCUT2D eigenvalue weighted by Crippen LogP contribution is 2.15. The van der Waals surface area contributed by atoms with E-state index < -0.39 is 16.8 Å². The van der Waals surface area contributed by atoms with Gasteiger partial charge < -0.3 is 13.4 Å². The van der Waals surface area contributed by atoms with Crippen LogP contribution in [0.5, 0.6) is 0 Å². The Morgan fingerprint density at radius 2 is 1.35 bits per heavy atom. The lowest BCUT2D eigenvalue weighted by Gasteiger charge is -2.42. The highest BCUT2D eigenvalue weighted by molar-refractivity contribution is 6.73. The summed E-state index contributed by atoms with van der Waals surface area (Å²) >= 11 is 0. The van der Waals surface area contributed by atoms with Crippen molar-refractivity contribution in [2.45, 2.75) is 26.2 Å². The third kappa shape index (κ3) is 4.46. The minimum absolute atomic E-state index is 0.986. The molecule has 0 spiro atoms. The van der Waals surface area contributed by atoms with Gasteiger partial charge >= 0.3 is 8.56 Å². The fourth-order valence-electron chi connectivity index (χ4n) is 2.20. The molecule has 0 aliphatic carbocycles. The Labute approximate surface area is 108 Å². The predicted octanol–water partition coefficient (Wildman–Crippen LogP) is 1.34. The number of nitrogens with zero attached hydrogens (tertiary/aromatic N) is 2. The van der Waals surface area contributed by atoms with E-state index in [1.54, 1.807) is 14.2 Å². The maximum atomic E-state index is 5.55. The Hall–Kier alpha value is 0.274. The fraction of sp³-hybridized carbons (Fsp3) is 1.00. The molecular weight excluding hydrogens is 248 g/mol. The Kier molecular flexibility index (Phi) is 5.36. The molecule has 0 aromatic rings. The molecule has 0 radical (unpaired) electrons. The number of hydrogen-bond acceptors (Lipinski definition) is 4. The topological polar surface area (TPSA) is 24.9 Å². The first kappa shape index (κ1) is 15.3. The lowest BCUT2D eigenvalue weighted by molar-refractivity contribution is 0.169. The van der Waals surface area contributed by atoms with Crippen molar-refractivity contribution in [3.05, 3.63) is 0 Å². The molecule has 0 aromatic heterocycles. The minimum atomic E-state index is -1.93. The zero-order chi connectivity index (χ0) is 13.1. The van der Waals surface area contributed by atoms with Crippen molar-refractivity contribution >= 4 is 16.8 Å². The molecular formula is C11H28N2O2Si2. The standard InChI is InChI=1S/C11H28N2O2Si2/c1-14-17(6,15-2)11-12-7-9-13(10-8-12)16(3,4)5/h7-11H2,1-6H3. The van der Waals surface area contributed by atoms with E-state index in [2.05, 4.69) is 35.7 Å². The number of hydrogen-bond donors (Lipinski definition) is 0. The Morgan fingerprint density at radius 3 is 1.71 bits per heavy atom. The van der Waals surface area contributed by atoms with E-state index in [1.165, 1.54) is 13.1 Å². The van der Waals surface area contributed by atoms with Crippen LogP contribution in [0, 0.1) is 0 Å². The van der Waals surface area contributed by atoms with Gasteiger partial charge in [-0.3, -0.25) is 4.90 Å². The monoisotopic (exact) mass is 276 g/mol. The fourth-order valence-corrected chi connectivity index (χ4v) is 5.29. The third-order valence-electron chi connectivity index (χ3n) is 3.70. The van der Waals surface area contributed by atoms with Crippen molar-refractivity contribution in [1.29, 1.82) is 0 Å². The summed E-state index contributed by atoms with van der Waals surface area (Å²) < 4.78 is 13.8. The second kappa shape index (κ2) is 5.94. The molecule has 0 atom stereocenters. The van der Waals surface area contributed by atoms with Crippen LogP contribution in [0.15, 0.2) is 0 Å². The second-order valence-electron chi connectivity index (χ2n) is 5.98. The molecule has 0 aromatic carbocycles. The first-order valence-electron chi connectivity index (χ1n) is 6.38. The van der Waals surface area contributed by atoms with Crippen molar-refractivity contribution in [2.75, 3.05) is 46.6 Å². The van der Waals surface area contributed by atoms with Crippen molar-refractivity contribution in [2.24, 2.45) is 0 Å². The maximum Gasteiger partial charge on any atom is 0.348 e. The Morgan fingerprint density at radius 1 is 0.882 bits per heavy atom. The smallest absolute Gasteiger partial charge is 0.348 e. The summed E-state index contributed by atoms with van der Waals surface area (Å²) in [4.78, 5) is 2.50. The van der Waals surface area contributed by atoms with Gasteiger partial charge in [0.05, 0.1) is 0 Å². The van der Waals surface area contributed by atoms with Crippen molar-refractivity contribution in [3.8, 4) is 0 Å². The molecule has 1 saturated heterocycles. The van der Waals surface area contributed by atoms with Crippen LogP contribution in [0.2, 0.25) is 26.2 Å². The predicted molar refractivity (Wildman–Crippen MR) is 77.0 cm³/mol. The van der Waals surface area contributed by atoms with E-state index in [4.69, 9.17) is 8.85 Å². The van der Waals surface area contributed by atoms with E-state index in [-0.39, 0.29) is 0 Å². The van der Waals surface area contributed by atoms with Gasteiger partial charge in [0.15, 0.2) is 0 Å². The molecule has 6 heteroatoms. The lowest BCUT2D eigenvalue weighted by atomic mass is 10.4. The van der Waals surface area contributed by atoms with Crippen LogP contribution in [0.4, 0.5) is 0 Å². The summed E-state index contributed by atoms with van der Waals surface area (Å²) in [5.74, 6) is 0. The second-order valence-corrected chi connectivity index (χ2v) is 14.4. The molecule has 1 aliphatic rings. The highest BCUT2D eigenvalue weighted by atomic mass is 28.4. The molecule has 0 N–H and O–H groups in total. The van der Waals surface area contributed by atoms with Gasteiger partial charge in [-0.1, -0.05) is 19.6 Å². The average Bonchev–Trinajstić information content (AvgIpc) is 2.28. The van der Waals surface area contributed by atoms with Crippen molar-refractivity contribution in [1.82, 2.24) is 9.47 Å². The van der Waals surface area contributed by atoms with Crippen LogP contribution in [0.25, 0.3) is 0 Å². The molecule has 4 nitrogen and oxygen atoms in total. The van der Waals surface area contributed by atoms with Crippen LogP contribution < -0.4 is 0 Å². The first-order chi connectivity index (χ1) is 7.80. The summed E-state index contributed by atoms with van der Waals surface area (Å²) in [5, 5.41) is 0. The van der Waals surface area contributed by atoms with Gasteiger partial charge in [0.1, 0.15) is 8.24 Å². The number of piperazine rings is 1. The quantitative estimate of drug-likeness (QED) is 0.708. The average molecular weight is 277 g/mol. The molecule has 0 unspecified atom stereocenters. The van der Waals surface area contributed by atoms with E-state index in [1.807, 2.05) is 0 Å². The summed E-state index contributed by atoms with van der Waals surface area (Å²) in [5.41, 5.74) is 0. The molecule has 17 heavy (non-hydrogen) atoms. The van der Waals surface area contributed by atoms with Gasteiger partial charge in [-0.25, -0.2) is 0 Å². The number of rotatable bonds is 5. The SMILES string of the molecule is CO[Si](C)(CN1CCN([Si](C)(C)C)CC1)OC. The molecule has 1 aliphatic heterocycles. The summed E-state index contributed by atoms with van der Waals surface area (Å²) in [7, 11) is 0.504. The van der Waals surface area contributed by atoms with Crippen LogP contribution in [-0.4, -0.2) is 72.8 Å². The van der Waals surface area contributed by atoms with Gasteiger partial charge in [0.2, 0.25) is 0 Å². The molecule has 0 amide bonds. The van der Waals surface area contributed by atoms with Crippen LogP contribution in [0.3, 0.4) is 0 Å². The molecule has 1 heterocycles. The zero-order valence-corrected chi connectivity index (χ0v) is 14.2. The van der Waals surface area contributed by atoms with Gasteiger partial charge in [0.25, 0.3) is 0 Å². The molecule has 1 fully saturated rings. The van der Waals surface area contributed by atoms with Crippen molar-refractivity contribution in [3.63, 3.8) is 0 Å². The molecule has 102 valence electrons. The van der Waals surface area contributed by atoms with Crippen LogP contribution >= 0.6 is 0 Å². The molecule has 1 rings (SSSR count). The third-order valence-corrected chi connectivity index (χ3v) is 8.79. The van der Waals surface area contributed by atoms with Gasteiger partial charge in [-0.2, -0.15) is 0 Å². The first-order valence-corrected chi connectivity index (χ1v) is 12.4. The van der Waals surface area contributed by atoms with Crippen molar-refractivity contribution < 1.29 is 8.85 Å². The Balaban J connectivity index is 2.42. The van der Waals surface area contributed by atoms with E-state index in [0.29, 0.717) is 0 Å². The van der Waals surface area contributed by atoms with Gasteiger partial charge in [0, 0.05) is 46.6 Å². The normalized spacial score (nSPS) is 20.8. The van der Waals surface area contributed by atoms with Gasteiger partial charge in [-0.15, -0.1) is 0 Å². The highest BCUT2D eigenvalue weighted by Gasteiger charge is 2.34. The molecule has 0 saturated carbocycles. The lowest BCUT2D eigenvalue weighted by Crippen LogP contribution is -2.59. The summed E-state index contributed by atoms with van der Waals surface area (Å²) in [6.45, 7) is 14.1. The van der Waals surface area contributed by atoms with Crippen LogP contribution in [-0.2, 0) is 8.85 Å². The summed E-state index contributed by atoms with van der Waals surface area (Å²) in [6.07, 6.45) is 0.986. The largest absolute Gasteiger partial charge is 0.397 e. The van der Waals surface area contributed by atoms with E-state index in [9.17, 15) is 0 Å². The Bertz CT molecular complexity index is 234. The van der Waals surface area contributed by atoms with Gasteiger partial charge in [-0.05, 0) is 6.55 Å². The van der Waals surface area contributed by atoms with E-state index >= 15 is 0 Å². The maximum absolute atomic E-state index is 5.55. The van der Waals surface area contributed by atoms with Crippen LogP contribution in [0.1, 0.15) is 0 Å². The minimum Gasteiger partial charge on any atom is -0.397 e.